The molecule has 0 aromatic heterocycles. The maximum absolute atomic E-state index is 5.35. The van der Waals surface area contributed by atoms with Crippen molar-refractivity contribution < 1.29 is 21.8 Å². The van der Waals surface area contributed by atoms with E-state index in [1.165, 1.54) is 22.4 Å². The van der Waals surface area contributed by atoms with E-state index in [1.807, 2.05) is 36.4 Å². The van der Waals surface area contributed by atoms with E-state index in [-0.39, 0.29) is 17.1 Å². The maximum atomic E-state index is 5.35. The van der Waals surface area contributed by atoms with Crippen LogP contribution < -0.4 is 10.2 Å². The van der Waals surface area contributed by atoms with Gasteiger partial charge in [-0.15, -0.1) is 5.56 Å². The molecule has 0 fully saturated rings. The largest absolute Gasteiger partial charge is 2.00 e. The Morgan fingerprint density at radius 3 is 2.62 bits per heavy atom. The topological polar surface area (TPSA) is 33.6 Å². The molecule has 0 saturated heterocycles. The average molecular weight is 386 g/mol. The van der Waals surface area contributed by atoms with Gasteiger partial charge in [0, 0.05) is 11.5 Å². The van der Waals surface area contributed by atoms with Crippen LogP contribution in [0.2, 0.25) is 0 Å². The van der Waals surface area contributed by atoms with E-state index in [2.05, 4.69) is 46.9 Å². The van der Waals surface area contributed by atoms with Gasteiger partial charge in [0.2, 0.25) is 0 Å². The molecule has 134 valence electrons. The molecule has 0 radical (unpaired) electrons. The van der Waals surface area contributed by atoms with Gasteiger partial charge in [-0.05, 0) is 30.5 Å². The molecule has 4 heteroatoms. The molecule has 2 unspecified atom stereocenters. The summed E-state index contributed by atoms with van der Waals surface area (Å²) in [6, 6.07) is 25.2. The van der Waals surface area contributed by atoms with Crippen molar-refractivity contribution in [2.24, 2.45) is 11.0 Å². The van der Waals surface area contributed by atoms with Gasteiger partial charge in [-0.1, -0.05) is 6.07 Å². The van der Waals surface area contributed by atoms with Crippen molar-refractivity contribution in [3.8, 4) is 5.75 Å². The van der Waals surface area contributed by atoms with Crippen LogP contribution in [0.4, 0.5) is 0 Å². The minimum Gasteiger partial charge on any atom is -0.497 e. The number of fused-ring (bicyclic) bond motifs is 3. The Bertz CT molecular complexity index is 820. The monoisotopic (exact) mass is 386 g/mol. The van der Waals surface area contributed by atoms with Crippen LogP contribution in [0.15, 0.2) is 77.9 Å². The fraction of sp³-hybridized carbons (Fsp3) is 0.227. The van der Waals surface area contributed by atoms with Crippen LogP contribution in [0.25, 0.3) is 0 Å². The second-order valence-corrected chi connectivity index (χ2v) is 6.45. The molecule has 1 heterocycles. The van der Waals surface area contributed by atoms with Crippen LogP contribution >= 0.6 is 0 Å². The van der Waals surface area contributed by atoms with Gasteiger partial charge in [-0.2, -0.15) is 35.4 Å². The molecule has 0 amide bonds. The smallest absolute Gasteiger partial charge is 0.497 e. The number of methoxy groups -OCH3 is 1. The van der Waals surface area contributed by atoms with Gasteiger partial charge in [0.15, 0.2) is 0 Å². The van der Waals surface area contributed by atoms with Gasteiger partial charge in [-0.25, -0.2) is 24.3 Å². The first kappa shape index (κ1) is 18.5. The third-order valence-electron chi connectivity index (χ3n) is 5.00. The third-order valence-corrected chi connectivity index (χ3v) is 5.00. The molecule has 26 heavy (non-hydrogen) atoms. The summed E-state index contributed by atoms with van der Waals surface area (Å²) in [6.45, 7) is 0. The number of aryl methyl sites for hydroxylation is 1. The summed E-state index contributed by atoms with van der Waals surface area (Å²) in [5.74, 6) is 1.38. The summed E-state index contributed by atoms with van der Waals surface area (Å²) in [4.78, 5) is 0. The summed E-state index contributed by atoms with van der Waals surface area (Å²) in [5, 5.41) is 4.62. The Balaban J connectivity index is 0.000000285. The van der Waals surface area contributed by atoms with Crippen molar-refractivity contribution in [2.45, 2.75) is 18.9 Å². The van der Waals surface area contributed by atoms with E-state index in [1.54, 1.807) is 7.11 Å². The third kappa shape index (κ3) is 3.62. The molecule has 3 aromatic carbocycles. The molecule has 0 bridgehead atoms. The van der Waals surface area contributed by atoms with Crippen LogP contribution in [0.3, 0.4) is 0 Å². The standard InChI is InChI=1S/C17H17N2O.C5H5.Fe/c1-20-13-8-6-11-7-9-14-16(12-4-2-3-5-12)18-19-17(14)15(11)10-13;1-2-4-5-3-1;/h2-6,8,10,14,16,18H,7,9H2,1H3;1-5H;/q2*-1;+2. The van der Waals surface area contributed by atoms with E-state index in [9.17, 15) is 0 Å². The minimum absolute atomic E-state index is 0. The van der Waals surface area contributed by atoms with Gasteiger partial charge >= 0.3 is 17.1 Å². The Labute approximate surface area is 165 Å². The fourth-order valence-electron chi connectivity index (χ4n) is 3.71. The Kier molecular flexibility index (Phi) is 5.97. The van der Waals surface area contributed by atoms with Gasteiger partial charge in [0.05, 0.1) is 18.9 Å². The molecule has 3 aromatic rings. The first-order valence-electron chi connectivity index (χ1n) is 8.75. The quantitative estimate of drug-likeness (QED) is 0.522. The minimum atomic E-state index is 0. The fourth-order valence-corrected chi connectivity index (χ4v) is 3.71. The Hall–Kier alpha value is -2.29. The average Bonchev–Trinajstić information content (AvgIpc) is 3.43. The number of hydrogen-bond acceptors (Lipinski definition) is 3. The van der Waals surface area contributed by atoms with E-state index in [0.29, 0.717) is 12.0 Å². The molecular weight excluding hydrogens is 364 g/mol. The summed E-state index contributed by atoms with van der Waals surface area (Å²) < 4.78 is 5.35. The maximum Gasteiger partial charge on any atom is 2.00 e. The van der Waals surface area contributed by atoms with Crippen molar-refractivity contribution in [2.75, 3.05) is 7.11 Å². The van der Waals surface area contributed by atoms with Gasteiger partial charge in [0.25, 0.3) is 0 Å². The van der Waals surface area contributed by atoms with Crippen molar-refractivity contribution in [1.82, 2.24) is 5.43 Å². The van der Waals surface area contributed by atoms with Crippen molar-refractivity contribution >= 4 is 5.71 Å². The zero-order chi connectivity index (χ0) is 17.1. The van der Waals surface area contributed by atoms with Crippen LogP contribution in [-0.2, 0) is 23.5 Å². The van der Waals surface area contributed by atoms with E-state index >= 15 is 0 Å². The molecule has 2 atom stereocenters. The van der Waals surface area contributed by atoms with E-state index in [0.717, 1.165) is 18.6 Å². The van der Waals surface area contributed by atoms with Crippen molar-refractivity contribution in [1.29, 1.82) is 0 Å². The molecular formula is C22H22FeN2O. The second kappa shape index (κ2) is 8.39. The predicted octanol–water partition coefficient (Wildman–Crippen LogP) is 4.43. The molecule has 0 spiro atoms. The van der Waals surface area contributed by atoms with Crippen LogP contribution in [0.1, 0.15) is 29.2 Å². The molecule has 3 nitrogen and oxygen atoms in total. The summed E-state index contributed by atoms with van der Waals surface area (Å²) >= 11 is 0. The number of hydrogen-bond donors (Lipinski definition) is 1. The number of ether oxygens (including phenoxy) is 1. The molecule has 1 aliphatic heterocycles. The number of benzene rings is 1. The van der Waals surface area contributed by atoms with Crippen LogP contribution in [0, 0.1) is 5.92 Å². The van der Waals surface area contributed by atoms with E-state index < -0.39 is 0 Å². The number of nitrogens with one attached hydrogen (secondary N) is 1. The molecule has 5 rings (SSSR count). The van der Waals surface area contributed by atoms with Gasteiger partial charge in [0.1, 0.15) is 5.75 Å². The van der Waals surface area contributed by atoms with Crippen LogP contribution in [0.5, 0.6) is 5.75 Å². The van der Waals surface area contributed by atoms with Gasteiger partial charge in [-0.3, -0.25) is 0 Å². The summed E-state index contributed by atoms with van der Waals surface area (Å²) in [7, 11) is 1.71. The van der Waals surface area contributed by atoms with Crippen LogP contribution in [-0.4, -0.2) is 12.8 Å². The summed E-state index contributed by atoms with van der Waals surface area (Å²) in [6.07, 6.45) is 2.27. The first-order chi connectivity index (χ1) is 12.4. The first-order valence-corrected chi connectivity index (χ1v) is 8.75. The molecule has 0 saturated carbocycles. The zero-order valence-corrected chi connectivity index (χ0v) is 15.8. The normalized spacial score (nSPS) is 19.7. The number of nitrogens with zero attached hydrogens (tertiary/aromatic N) is 1. The predicted molar refractivity (Wildman–Crippen MR) is 101 cm³/mol. The summed E-state index contributed by atoms with van der Waals surface area (Å²) in [5.41, 5.74) is 8.48. The van der Waals surface area contributed by atoms with E-state index in [4.69, 9.17) is 4.74 Å². The zero-order valence-electron chi connectivity index (χ0n) is 14.7. The number of rotatable bonds is 2. The van der Waals surface area contributed by atoms with Crippen molar-refractivity contribution in [3.63, 3.8) is 0 Å². The molecule has 1 aliphatic carbocycles. The molecule has 2 aliphatic rings. The van der Waals surface area contributed by atoms with Gasteiger partial charge < -0.3 is 10.2 Å². The second-order valence-electron chi connectivity index (χ2n) is 6.45. The van der Waals surface area contributed by atoms with Crippen molar-refractivity contribution in [3.05, 3.63) is 89.5 Å². The Morgan fingerprint density at radius 1 is 1.12 bits per heavy atom. The molecule has 1 N–H and O–H groups in total. The number of hydrazone groups is 1. The Morgan fingerprint density at radius 2 is 1.96 bits per heavy atom. The SMILES string of the molecule is COc1ccc2c(c1)C1=NNC(c3ccc[cH-]3)C1CC2.[Fe+2].c1cc[cH-]c1.